The van der Waals surface area contributed by atoms with Gasteiger partial charge >= 0.3 is 0 Å². The van der Waals surface area contributed by atoms with Gasteiger partial charge in [0.1, 0.15) is 0 Å². The minimum atomic E-state index is 0.680. The number of nitrogens with zero attached hydrogens (tertiary/aromatic N) is 1. The van der Waals surface area contributed by atoms with Crippen LogP contribution in [0.3, 0.4) is 0 Å². The van der Waals surface area contributed by atoms with Crippen molar-refractivity contribution in [3.63, 3.8) is 0 Å². The highest BCUT2D eigenvalue weighted by Crippen LogP contribution is 2.10. The van der Waals surface area contributed by atoms with Gasteiger partial charge in [0.25, 0.3) is 0 Å². The van der Waals surface area contributed by atoms with Crippen LogP contribution in [-0.2, 0) is 0 Å². The number of hydrogen-bond acceptors (Lipinski definition) is 2. The van der Waals surface area contributed by atoms with Crippen LogP contribution >= 0.6 is 0 Å². The lowest BCUT2D eigenvalue weighted by Gasteiger charge is -2.34. The molecule has 0 aliphatic carbocycles. The van der Waals surface area contributed by atoms with Gasteiger partial charge in [0, 0.05) is 18.6 Å². The third-order valence-electron chi connectivity index (χ3n) is 2.66. The van der Waals surface area contributed by atoms with Crippen LogP contribution < -0.4 is 5.32 Å². The van der Waals surface area contributed by atoms with Crippen LogP contribution in [0.4, 0.5) is 0 Å². The summed E-state index contributed by atoms with van der Waals surface area (Å²) in [5, 5.41) is 3.43. The van der Waals surface area contributed by atoms with Crippen LogP contribution in [-0.4, -0.2) is 37.1 Å². The second-order valence-electron chi connectivity index (χ2n) is 3.76. The summed E-state index contributed by atoms with van der Waals surface area (Å²) in [6.45, 7) is 6.90. The smallest absolute Gasteiger partial charge is 0.0220 e. The van der Waals surface area contributed by atoms with Crippen molar-refractivity contribution in [2.45, 2.75) is 38.8 Å². The van der Waals surface area contributed by atoms with E-state index in [2.05, 4.69) is 31.1 Å². The summed E-state index contributed by atoms with van der Waals surface area (Å²) in [5.41, 5.74) is 0. The van der Waals surface area contributed by atoms with Crippen molar-refractivity contribution in [2.75, 3.05) is 20.1 Å². The quantitative estimate of drug-likeness (QED) is 0.643. The van der Waals surface area contributed by atoms with Crippen LogP contribution in [0, 0.1) is 0 Å². The molecule has 0 aromatic carbocycles. The number of hydrogen-bond donors (Lipinski definition) is 1. The zero-order valence-electron chi connectivity index (χ0n) is 7.93. The van der Waals surface area contributed by atoms with E-state index < -0.39 is 0 Å². The molecule has 1 heterocycles. The summed E-state index contributed by atoms with van der Waals surface area (Å²) in [6.07, 6.45) is 2.70. The van der Waals surface area contributed by atoms with Gasteiger partial charge in [-0.05, 0) is 40.3 Å². The fourth-order valence-corrected chi connectivity index (χ4v) is 1.60. The minimum Gasteiger partial charge on any atom is -0.315 e. The van der Waals surface area contributed by atoms with Crippen molar-refractivity contribution < 1.29 is 0 Å². The molecule has 66 valence electrons. The zero-order chi connectivity index (χ0) is 8.27. The molecule has 0 amide bonds. The van der Waals surface area contributed by atoms with Gasteiger partial charge in [-0.3, -0.25) is 4.90 Å². The topological polar surface area (TPSA) is 15.3 Å². The average Bonchev–Trinajstić information content (AvgIpc) is 2.05. The Kier molecular flexibility index (Phi) is 3.34. The Hall–Kier alpha value is -0.0800. The summed E-state index contributed by atoms with van der Waals surface area (Å²) in [6, 6.07) is 1.45. The molecule has 0 aromatic heterocycles. The molecule has 1 aliphatic heterocycles. The van der Waals surface area contributed by atoms with Crippen LogP contribution in [0.15, 0.2) is 0 Å². The van der Waals surface area contributed by atoms with E-state index >= 15 is 0 Å². The summed E-state index contributed by atoms with van der Waals surface area (Å²) >= 11 is 0. The third-order valence-corrected chi connectivity index (χ3v) is 2.66. The molecule has 1 saturated heterocycles. The first kappa shape index (κ1) is 9.01. The minimum absolute atomic E-state index is 0.680. The van der Waals surface area contributed by atoms with Crippen LogP contribution in [0.1, 0.15) is 26.7 Å². The molecule has 11 heavy (non-hydrogen) atoms. The maximum Gasteiger partial charge on any atom is 0.0220 e. The number of piperidine rings is 1. The number of rotatable bonds is 2. The van der Waals surface area contributed by atoms with Gasteiger partial charge in [0.15, 0.2) is 0 Å². The predicted octanol–water partition coefficient (Wildman–Crippen LogP) is 1.08. The summed E-state index contributed by atoms with van der Waals surface area (Å²) in [5.74, 6) is 0. The molecule has 1 aliphatic rings. The van der Waals surface area contributed by atoms with E-state index in [9.17, 15) is 0 Å². The fourth-order valence-electron chi connectivity index (χ4n) is 1.60. The first-order chi connectivity index (χ1) is 5.22. The monoisotopic (exact) mass is 156 g/mol. The fraction of sp³-hybridized carbons (Fsp3) is 1.00. The largest absolute Gasteiger partial charge is 0.315 e. The summed E-state index contributed by atoms with van der Waals surface area (Å²) in [7, 11) is 2.22. The van der Waals surface area contributed by atoms with E-state index in [1.807, 2.05) is 0 Å². The van der Waals surface area contributed by atoms with Crippen LogP contribution in [0.25, 0.3) is 0 Å². The highest BCUT2D eigenvalue weighted by molar-refractivity contribution is 4.77. The molecule has 1 N–H and O–H groups in total. The molecule has 0 aromatic rings. The summed E-state index contributed by atoms with van der Waals surface area (Å²) in [4.78, 5) is 2.46. The van der Waals surface area contributed by atoms with E-state index in [4.69, 9.17) is 0 Å². The van der Waals surface area contributed by atoms with Gasteiger partial charge in [-0.25, -0.2) is 0 Å². The maximum absolute atomic E-state index is 3.43. The molecule has 1 rings (SSSR count). The molecule has 0 bridgehead atoms. The van der Waals surface area contributed by atoms with Crippen LogP contribution in [0.5, 0.6) is 0 Å². The number of nitrogens with one attached hydrogen (secondary N) is 1. The lowest BCUT2D eigenvalue weighted by atomic mass is 10.1. The van der Waals surface area contributed by atoms with Crippen molar-refractivity contribution >= 4 is 0 Å². The molecule has 0 radical (unpaired) electrons. The second-order valence-corrected chi connectivity index (χ2v) is 3.76. The third kappa shape index (κ3) is 2.46. The van der Waals surface area contributed by atoms with Crippen molar-refractivity contribution in [1.82, 2.24) is 10.2 Å². The van der Waals surface area contributed by atoms with Crippen molar-refractivity contribution in [3.8, 4) is 0 Å². The molecule has 1 atom stereocenters. The molecule has 0 saturated carbocycles. The molecular formula is C9H20N2. The number of likely N-dealkylation sites (N-methyl/N-ethyl adjacent to an activating group) is 1. The average molecular weight is 156 g/mol. The summed E-state index contributed by atoms with van der Waals surface area (Å²) < 4.78 is 0. The Morgan fingerprint density at radius 2 is 2.18 bits per heavy atom. The molecule has 2 nitrogen and oxygen atoms in total. The van der Waals surface area contributed by atoms with E-state index in [0.717, 1.165) is 6.04 Å². The normalized spacial score (nSPS) is 26.5. The van der Waals surface area contributed by atoms with Gasteiger partial charge in [0.2, 0.25) is 0 Å². The first-order valence-electron chi connectivity index (χ1n) is 4.64. The van der Waals surface area contributed by atoms with Crippen molar-refractivity contribution in [1.29, 1.82) is 0 Å². The van der Waals surface area contributed by atoms with Crippen molar-refractivity contribution in [2.24, 2.45) is 0 Å². The van der Waals surface area contributed by atoms with Gasteiger partial charge in [-0.2, -0.15) is 0 Å². The lowest BCUT2D eigenvalue weighted by Crippen LogP contribution is -2.46. The Morgan fingerprint density at radius 3 is 2.64 bits per heavy atom. The Morgan fingerprint density at radius 1 is 1.45 bits per heavy atom. The Bertz CT molecular complexity index is 106. The highest BCUT2D eigenvalue weighted by Gasteiger charge is 2.18. The maximum atomic E-state index is 3.43. The van der Waals surface area contributed by atoms with E-state index in [0.29, 0.717) is 6.04 Å². The van der Waals surface area contributed by atoms with Gasteiger partial charge in [0.05, 0.1) is 0 Å². The molecule has 1 fully saturated rings. The van der Waals surface area contributed by atoms with Gasteiger partial charge < -0.3 is 5.32 Å². The standard InChI is InChI=1S/C9H20N2/c1-8(2)11(3)9-5-4-6-10-7-9/h8-10H,4-7H2,1-3H3/t9-/m1/s1. The molecular weight excluding hydrogens is 136 g/mol. The SMILES string of the molecule is CC(C)N(C)[C@@H]1CCCNC1. The Labute approximate surface area is 70.0 Å². The van der Waals surface area contributed by atoms with Crippen molar-refractivity contribution in [3.05, 3.63) is 0 Å². The van der Waals surface area contributed by atoms with E-state index in [-0.39, 0.29) is 0 Å². The second kappa shape index (κ2) is 4.07. The van der Waals surface area contributed by atoms with E-state index in [1.165, 1.54) is 25.9 Å². The molecule has 0 spiro atoms. The molecule has 2 heteroatoms. The zero-order valence-corrected chi connectivity index (χ0v) is 7.93. The highest BCUT2D eigenvalue weighted by atomic mass is 15.2. The first-order valence-corrected chi connectivity index (χ1v) is 4.64. The predicted molar refractivity (Wildman–Crippen MR) is 48.8 cm³/mol. The van der Waals surface area contributed by atoms with Gasteiger partial charge in [-0.15, -0.1) is 0 Å². The van der Waals surface area contributed by atoms with E-state index in [1.54, 1.807) is 0 Å². The van der Waals surface area contributed by atoms with Gasteiger partial charge in [-0.1, -0.05) is 0 Å². The molecule has 0 unspecified atom stereocenters. The van der Waals surface area contributed by atoms with Crippen LogP contribution in [0.2, 0.25) is 0 Å². The Balaban J connectivity index is 2.32. The lowest BCUT2D eigenvalue weighted by molar-refractivity contribution is 0.165.